The van der Waals surface area contributed by atoms with E-state index >= 15 is 0 Å². The van der Waals surface area contributed by atoms with Crippen LogP contribution < -0.4 is 5.32 Å². The third-order valence-electron chi connectivity index (χ3n) is 3.08. The Labute approximate surface area is 120 Å². The maximum atomic E-state index is 11.8. The van der Waals surface area contributed by atoms with Crippen LogP contribution in [0.2, 0.25) is 0 Å². The van der Waals surface area contributed by atoms with Crippen molar-refractivity contribution in [3.63, 3.8) is 0 Å². The molecule has 0 aliphatic heterocycles. The third kappa shape index (κ3) is 2.58. The Hall–Kier alpha value is -2.14. The molecule has 0 saturated carbocycles. The lowest BCUT2D eigenvalue weighted by molar-refractivity contribution is 0.0951. The molecule has 3 rings (SSSR count). The van der Waals surface area contributed by atoms with Gasteiger partial charge in [-0.25, -0.2) is 4.98 Å². The summed E-state index contributed by atoms with van der Waals surface area (Å²) in [6.07, 6.45) is 2.93. The van der Waals surface area contributed by atoms with E-state index < -0.39 is 0 Å². The number of carbonyl (C=O) groups excluding carboxylic acids is 1. The summed E-state index contributed by atoms with van der Waals surface area (Å²) in [6, 6.07) is 9.71. The molecule has 0 saturated heterocycles. The summed E-state index contributed by atoms with van der Waals surface area (Å²) in [5, 5.41) is 3.94. The number of amides is 1. The fraction of sp³-hybridized carbons (Fsp3) is 0.200. The summed E-state index contributed by atoms with van der Waals surface area (Å²) < 4.78 is 6.07. The predicted octanol–water partition coefficient (Wildman–Crippen LogP) is 3.42. The van der Waals surface area contributed by atoms with Gasteiger partial charge in [0.2, 0.25) is 0 Å². The first-order valence-corrected chi connectivity index (χ1v) is 7.21. The molecule has 0 aliphatic rings. The highest BCUT2D eigenvalue weighted by Crippen LogP contribution is 2.26. The number of rotatable bonds is 4. The highest BCUT2D eigenvalue weighted by atomic mass is 32.1. The number of carbonyl (C=O) groups is 1. The van der Waals surface area contributed by atoms with Crippen molar-refractivity contribution in [1.82, 2.24) is 10.3 Å². The van der Waals surface area contributed by atoms with Crippen molar-refractivity contribution in [2.75, 3.05) is 6.54 Å². The smallest absolute Gasteiger partial charge is 0.254 e. The van der Waals surface area contributed by atoms with Gasteiger partial charge in [-0.15, -0.1) is 11.3 Å². The predicted molar refractivity (Wildman–Crippen MR) is 79.1 cm³/mol. The Morgan fingerprint density at radius 2 is 2.25 bits per heavy atom. The van der Waals surface area contributed by atoms with E-state index in [1.54, 1.807) is 17.4 Å². The minimum absolute atomic E-state index is 0.119. The number of nitrogens with one attached hydrogen (secondary N) is 1. The number of aromatic nitrogens is 1. The number of benzene rings is 1. The zero-order valence-electron chi connectivity index (χ0n) is 11.0. The van der Waals surface area contributed by atoms with Crippen molar-refractivity contribution in [1.29, 1.82) is 0 Å². The first-order valence-electron chi connectivity index (χ1n) is 6.40. The zero-order valence-corrected chi connectivity index (χ0v) is 11.8. The van der Waals surface area contributed by atoms with Crippen molar-refractivity contribution >= 4 is 27.5 Å². The molecule has 4 nitrogen and oxygen atoms in total. The van der Waals surface area contributed by atoms with E-state index in [0.717, 1.165) is 10.5 Å². The van der Waals surface area contributed by atoms with E-state index in [1.807, 2.05) is 18.2 Å². The van der Waals surface area contributed by atoms with E-state index in [9.17, 15) is 4.79 Å². The summed E-state index contributed by atoms with van der Waals surface area (Å²) in [5.74, 6) is 0.0648. The summed E-state index contributed by atoms with van der Waals surface area (Å²) in [5.41, 5.74) is 1.56. The fourth-order valence-corrected chi connectivity index (χ4v) is 2.95. The molecule has 2 aromatic heterocycles. The summed E-state index contributed by atoms with van der Waals surface area (Å²) >= 11 is 1.67. The third-order valence-corrected chi connectivity index (χ3v) is 4.35. The van der Waals surface area contributed by atoms with Gasteiger partial charge in [-0.05, 0) is 18.2 Å². The molecule has 0 spiro atoms. The van der Waals surface area contributed by atoms with Crippen LogP contribution in [0.3, 0.4) is 0 Å². The summed E-state index contributed by atoms with van der Waals surface area (Å²) in [6.45, 7) is 2.62. The molecule has 5 heteroatoms. The molecule has 1 aromatic carbocycles. The maximum Gasteiger partial charge on any atom is 0.254 e. The monoisotopic (exact) mass is 286 g/mol. The van der Waals surface area contributed by atoms with E-state index in [1.165, 1.54) is 17.2 Å². The van der Waals surface area contributed by atoms with Crippen molar-refractivity contribution in [3.8, 4) is 0 Å². The van der Waals surface area contributed by atoms with Crippen LogP contribution in [0.1, 0.15) is 28.2 Å². The zero-order chi connectivity index (χ0) is 13.9. The van der Waals surface area contributed by atoms with E-state index in [4.69, 9.17) is 4.42 Å². The van der Waals surface area contributed by atoms with Gasteiger partial charge in [0.05, 0.1) is 27.1 Å². The fourth-order valence-electron chi connectivity index (χ4n) is 1.93. The van der Waals surface area contributed by atoms with Crippen molar-refractivity contribution in [3.05, 3.63) is 53.4 Å². The van der Waals surface area contributed by atoms with Gasteiger partial charge in [-0.3, -0.25) is 4.79 Å². The molecule has 1 N–H and O–H groups in total. The lowest BCUT2D eigenvalue weighted by atomic mass is 10.2. The van der Waals surface area contributed by atoms with Gasteiger partial charge in [0.1, 0.15) is 6.26 Å². The van der Waals surface area contributed by atoms with Gasteiger partial charge in [0, 0.05) is 12.5 Å². The molecule has 0 fully saturated rings. The van der Waals surface area contributed by atoms with Gasteiger partial charge in [0.15, 0.2) is 0 Å². The first kappa shape index (κ1) is 12.9. The average molecular weight is 286 g/mol. The number of para-hydroxylation sites is 1. The Balaban J connectivity index is 1.67. The normalized spacial score (nSPS) is 12.4. The van der Waals surface area contributed by atoms with Crippen LogP contribution in [0.25, 0.3) is 10.2 Å². The summed E-state index contributed by atoms with van der Waals surface area (Å²) in [4.78, 5) is 16.4. The second kappa shape index (κ2) is 5.46. The van der Waals surface area contributed by atoms with Crippen LogP contribution in [0.4, 0.5) is 0 Å². The second-order valence-electron chi connectivity index (χ2n) is 4.64. The van der Waals surface area contributed by atoms with Crippen LogP contribution in [0.5, 0.6) is 0 Å². The maximum absolute atomic E-state index is 11.8. The molecule has 0 radical (unpaired) electrons. The molecule has 0 aliphatic carbocycles. The average Bonchev–Trinajstić information content (AvgIpc) is 3.12. The van der Waals surface area contributed by atoms with Crippen LogP contribution >= 0.6 is 11.3 Å². The minimum atomic E-state index is -0.119. The Bertz CT molecular complexity index is 685. The van der Waals surface area contributed by atoms with Gasteiger partial charge in [-0.2, -0.15) is 0 Å². The molecule has 1 atom stereocenters. The molecular formula is C15H14N2O2S. The molecule has 3 aromatic rings. The molecule has 1 unspecified atom stereocenters. The second-order valence-corrected chi connectivity index (χ2v) is 5.71. The quantitative estimate of drug-likeness (QED) is 0.799. The van der Waals surface area contributed by atoms with E-state index in [2.05, 4.69) is 23.3 Å². The first-order chi connectivity index (χ1) is 9.74. The molecular weight excluding hydrogens is 272 g/mol. The van der Waals surface area contributed by atoms with Gasteiger partial charge < -0.3 is 9.73 Å². The number of thiazole rings is 1. The Morgan fingerprint density at radius 3 is 3.00 bits per heavy atom. The van der Waals surface area contributed by atoms with Crippen LogP contribution in [-0.4, -0.2) is 17.4 Å². The highest BCUT2D eigenvalue weighted by molar-refractivity contribution is 7.18. The molecule has 0 bridgehead atoms. The van der Waals surface area contributed by atoms with Crippen LogP contribution in [-0.2, 0) is 0 Å². The summed E-state index contributed by atoms with van der Waals surface area (Å²) in [7, 11) is 0. The SMILES string of the molecule is CC(CNC(=O)c1ccoc1)c1nc2ccccc2s1. The number of fused-ring (bicyclic) bond motifs is 1. The van der Waals surface area contributed by atoms with Crippen molar-refractivity contribution in [2.24, 2.45) is 0 Å². The van der Waals surface area contributed by atoms with Gasteiger partial charge in [0.25, 0.3) is 5.91 Å². The Morgan fingerprint density at radius 1 is 1.40 bits per heavy atom. The number of hydrogen-bond acceptors (Lipinski definition) is 4. The largest absolute Gasteiger partial charge is 0.472 e. The molecule has 20 heavy (non-hydrogen) atoms. The lowest BCUT2D eigenvalue weighted by Gasteiger charge is -2.08. The van der Waals surface area contributed by atoms with E-state index in [0.29, 0.717) is 12.1 Å². The number of nitrogens with zero attached hydrogens (tertiary/aromatic N) is 1. The lowest BCUT2D eigenvalue weighted by Crippen LogP contribution is -2.27. The van der Waals surface area contributed by atoms with Gasteiger partial charge >= 0.3 is 0 Å². The number of furan rings is 1. The van der Waals surface area contributed by atoms with Gasteiger partial charge in [-0.1, -0.05) is 19.1 Å². The molecule has 1 amide bonds. The molecule has 102 valence electrons. The standard InChI is InChI=1S/C15H14N2O2S/c1-10(8-16-14(18)11-6-7-19-9-11)15-17-12-4-2-3-5-13(12)20-15/h2-7,9-10H,8H2,1H3,(H,16,18). The minimum Gasteiger partial charge on any atom is -0.472 e. The van der Waals surface area contributed by atoms with Crippen LogP contribution in [0.15, 0.2) is 47.3 Å². The number of hydrogen-bond donors (Lipinski definition) is 1. The Kier molecular flexibility index (Phi) is 3.52. The molecule has 2 heterocycles. The van der Waals surface area contributed by atoms with Crippen molar-refractivity contribution < 1.29 is 9.21 Å². The topological polar surface area (TPSA) is 55.1 Å². The highest BCUT2D eigenvalue weighted by Gasteiger charge is 2.13. The van der Waals surface area contributed by atoms with Crippen molar-refractivity contribution in [2.45, 2.75) is 12.8 Å². The van der Waals surface area contributed by atoms with Crippen LogP contribution in [0, 0.1) is 0 Å². The van der Waals surface area contributed by atoms with E-state index in [-0.39, 0.29) is 11.8 Å².